The van der Waals surface area contributed by atoms with Gasteiger partial charge < -0.3 is 15.5 Å². The van der Waals surface area contributed by atoms with Crippen LogP contribution >= 0.6 is 9.39 Å². The predicted molar refractivity (Wildman–Crippen MR) is 51.5 cm³/mol. The van der Waals surface area contributed by atoms with E-state index in [2.05, 4.69) is 20.0 Å². The molecule has 5 nitrogen and oxygen atoms in total. The van der Waals surface area contributed by atoms with Crippen molar-refractivity contribution in [2.45, 2.75) is 31.0 Å². The molecule has 0 saturated carbocycles. The van der Waals surface area contributed by atoms with Crippen LogP contribution in [-0.4, -0.2) is 46.1 Å². The molecule has 4 N–H and O–H groups in total. The summed E-state index contributed by atoms with van der Waals surface area (Å²) in [6.07, 6.45) is 0.309. The molecule has 6 heteroatoms. The van der Waals surface area contributed by atoms with Crippen molar-refractivity contribution in [1.29, 1.82) is 0 Å². The van der Waals surface area contributed by atoms with Gasteiger partial charge in [-0.05, 0) is 25.9 Å². The summed E-state index contributed by atoms with van der Waals surface area (Å²) in [5.41, 5.74) is -0.310. The van der Waals surface area contributed by atoms with Gasteiger partial charge in [-0.1, -0.05) is 9.39 Å². The summed E-state index contributed by atoms with van der Waals surface area (Å²) in [6, 6.07) is 0. The van der Waals surface area contributed by atoms with Crippen LogP contribution in [-0.2, 0) is 0 Å². The van der Waals surface area contributed by atoms with Crippen LogP contribution in [0.1, 0.15) is 12.8 Å². The standard InChI is InChI=1S/C7H16N3O2P/c11-5-7(1-3-8-4-2-7)10(13)6(12)9-5/h5-6,8-9,11-12H,1-4,13H2. The molecular formula is C7H16N3O2P. The molecule has 1 spiro atoms. The second-order valence-electron chi connectivity index (χ2n) is 3.70. The lowest BCUT2D eigenvalue weighted by Gasteiger charge is -2.40. The molecule has 2 saturated heterocycles. The van der Waals surface area contributed by atoms with Gasteiger partial charge in [0.2, 0.25) is 0 Å². The molecule has 3 unspecified atom stereocenters. The minimum absolute atomic E-state index is 0.310. The van der Waals surface area contributed by atoms with E-state index in [9.17, 15) is 10.2 Å². The van der Waals surface area contributed by atoms with Gasteiger partial charge in [-0.2, -0.15) is 0 Å². The number of nitrogens with zero attached hydrogens (tertiary/aromatic N) is 1. The number of aliphatic hydroxyl groups is 2. The molecule has 3 atom stereocenters. The number of rotatable bonds is 0. The molecule has 0 amide bonds. The van der Waals surface area contributed by atoms with Gasteiger partial charge in [0, 0.05) is 0 Å². The average molecular weight is 205 g/mol. The van der Waals surface area contributed by atoms with Gasteiger partial charge in [-0.25, -0.2) is 4.67 Å². The Morgan fingerprint density at radius 2 is 1.92 bits per heavy atom. The maximum atomic E-state index is 9.79. The number of nitrogens with one attached hydrogen (secondary N) is 2. The van der Waals surface area contributed by atoms with E-state index >= 15 is 0 Å². The molecule has 2 fully saturated rings. The highest BCUT2D eigenvalue weighted by Crippen LogP contribution is 2.37. The monoisotopic (exact) mass is 205 g/mol. The molecule has 0 aliphatic carbocycles. The quantitative estimate of drug-likeness (QED) is 0.359. The van der Waals surface area contributed by atoms with E-state index < -0.39 is 12.6 Å². The van der Waals surface area contributed by atoms with Gasteiger partial charge in [0.15, 0.2) is 6.35 Å². The van der Waals surface area contributed by atoms with Crippen LogP contribution in [0.2, 0.25) is 0 Å². The van der Waals surface area contributed by atoms with Crippen molar-refractivity contribution in [3.05, 3.63) is 0 Å². The Balaban J connectivity index is 2.18. The van der Waals surface area contributed by atoms with Crippen molar-refractivity contribution in [3.63, 3.8) is 0 Å². The maximum absolute atomic E-state index is 9.79. The largest absolute Gasteiger partial charge is 0.376 e. The highest BCUT2D eigenvalue weighted by Gasteiger charge is 2.50. The number of hydrogen-bond donors (Lipinski definition) is 4. The van der Waals surface area contributed by atoms with Crippen LogP contribution in [0.25, 0.3) is 0 Å². The lowest BCUT2D eigenvalue weighted by atomic mass is 9.88. The third-order valence-corrected chi connectivity index (χ3v) is 3.86. The Morgan fingerprint density at radius 1 is 1.31 bits per heavy atom. The first-order valence-corrected chi connectivity index (χ1v) is 5.05. The van der Waals surface area contributed by atoms with E-state index in [1.807, 2.05) is 0 Å². The fraction of sp³-hybridized carbons (Fsp3) is 1.00. The minimum Gasteiger partial charge on any atom is -0.376 e. The van der Waals surface area contributed by atoms with Gasteiger partial charge in [0.1, 0.15) is 6.23 Å². The molecule has 2 rings (SSSR count). The smallest absolute Gasteiger partial charge is 0.168 e. The van der Waals surface area contributed by atoms with Crippen molar-refractivity contribution in [2.24, 2.45) is 0 Å². The molecule has 13 heavy (non-hydrogen) atoms. The van der Waals surface area contributed by atoms with Crippen LogP contribution in [0.3, 0.4) is 0 Å². The van der Waals surface area contributed by atoms with E-state index in [1.165, 1.54) is 0 Å². The van der Waals surface area contributed by atoms with Gasteiger partial charge in [0.25, 0.3) is 0 Å². The summed E-state index contributed by atoms with van der Waals surface area (Å²) in [5.74, 6) is 0. The van der Waals surface area contributed by atoms with Crippen molar-refractivity contribution in [1.82, 2.24) is 15.3 Å². The van der Waals surface area contributed by atoms with Crippen LogP contribution in [0.15, 0.2) is 0 Å². The SMILES string of the molecule is OC1NC(O)C2(CCNCC2)N1P. The van der Waals surface area contributed by atoms with Gasteiger partial charge in [0.05, 0.1) is 5.54 Å². The summed E-state index contributed by atoms with van der Waals surface area (Å²) in [4.78, 5) is 0. The molecular weight excluding hydrogens is 189 g/mol. The second-order valence-corrected chi connectivity index (χ2v) is 4.26. The molecule has 0 aromatic heterocycles. The topological polar surface area (TPSA) is 67.8 Å². The molecule has 2 aliphatic rings. The molecule has 76 valence electrons. The van der Waals surface area contributed by atoms with Crippen molar-refractivity contribution in [2.75, 3.05) is 13.1 Å². The van der Waals surface area contributed by atoms with E-state index in [0.717, 1.165) is 25.9 Å². The Bertz CT molecular complexity index is 198. The van der Waals surface area contributed by atoms with E-state index in [-0.39, 0.29) is 5.54 Å². The van der Waals surface area contributed by atoms with E-state index in [1.54, 1.807) is 4.67 Å². The highest BCUT2D eigenvalue weighted by atomic mass is 31.0. The first kappa shape index (κ1) is 9.77. The number of hydrogen-bond acceptors (Lipinski definition) is 5. The first-order chi connectivity index (χ1) is 6.17. The zero-order valence-corrected chi connectivity index (χ0v) is 8.56. The Hall–Kier alpha value is 0.230. The number of piperidine rings is 1. The Labute approximate surface area is 79.8 Å². The van der Waals surface area contributed by atoms with Crippen LogP contribution in [0.5, 0.6) is 0 Å². The van der Waals surface area contributed by atoms with Gasteiger partial charge in [-0.3, -0.25) is 5.32 Å². The summed E-state index contributed by atoms with van der Waals surface area (Å²) in [6.45, 7) is 1.77. The van der Waals surface area contributed by atoms with Crippen molar-refractivity contribution >= 4 is 9.39 Å². The summed E-state index contributed by atoms with van der Waals surface area (Å²) >= 11 is 0. The van der Waals surface area contributed by atoms with Crippen molar-refractivity contribution in [3.8, 4) is 0 Å². The highest BCUT2D eigenvalue weighted by molar-refractivity contribution is 7.13. The number of aliphatic hydroxyl groups excluding tert-OH is 2. The third-order valence-electron chi connectivity index (χ3n) is 3.06. The fourth-order valence-corrected chi connectivity index (χ4v) is 2.64. The van der Waals surface area contributed by atoms with Gasteiger partial charge in [-0.15, -0.1) is 0 Å². The predicted octanol–water partition coefficient (Wildman–Crippen LogP) is -1.60. The lowest BCUT2D eigenvalue weighted by Crippen LogP contribution is -2.54. The third kappa shape index (κ3) is 1.40. The summed E-state index contributed by atoms with van der Waals surface area (Å²) in [5, 5.41) is 25.2. The zero-order valence-electron chi connectivity index (χ0n) is 7.40. The Kier molecular flexibility index (Phi) is 2.57. The zero-order chi connectivity index (χ0) is 9.47. The molecule has 0 aromatic carbocycles. The molecule has 0 aromatic rings. The first-order valence-electron chi connectivity index (χ1n) is 4.54. The average Bonchev–Trinajstić information content (AvgIpc) is 2.34. The normalized spacial score (nSPS) is 39.9. The van der Waals surface area contributed by atoms with Gasteiger partial charge >= 0.3 is 0 Å². The molecule has 2 heterocycles. The van der Waals surface area contributed by atoms with E-state index in [0.29, 0.717) is 0 Å². The van der Waals surface area contributed by atoms with E-state index in [4.69, 9.17) is 0 Å². The molecule has 0 radical (unpaired) electrons. The maximum Gasteiger partial charge on any atom is 0.168 e. The minimum atomic E-state index is -0.752. The Morgan fingerprint density at radius 3 is 2.38 bits per heavy atom. The molecule has 2 aliphatic heterocycles. The second kappa shape index (κ2) is 3.42. The van der Waals surface area contributed by atoms with Crippen LogP contribution in [0, 0.1) is 0 Å². The summed E-state index contributed by atoms with van der Waals surface area (Å²) < 4.78 is 1.75. The molecule has 0 bridgehead atoms. The summed E-state index contributed by atoms with van der Waals surface area (Å²) in [7, 11) is 2.49. The van der Waals surface area contributed by atoms with Crippen LogP contribution < -0.4 is 10.6 Å². The fourth-order valence-electron chi connectivity index (χ4n) is 2.15. The van der Waals surface area contributed by atoms with Crippen LogP contribution in [0.4, 0.5) is 0 Å². The van der Waals surface area contributed by atoms with Crippen molar-refractivity contribution < 1.29 is 10.2 Å². The lowest BCUT2D eigenvalue weighted by molar-refractivity contribution is 0.0181.